The molecule has 0 bridgehead atoms. The highest BCUT2D eigenvalue weighted by atomic mass is 19.4. The van der Waals surface area contributed by atoms with Gasteiger partial charge in [0, 0.05) is 0 Å². The van der Waals surface area contributed by atoms with Crippen molar-refractivity contribution < 1.29 is 27.8 Å². The number of hydrogen-bond acceptors (Lipinski definition) is 2. The molecule has 3 nitrogen and oxygen atoms in total. The van der Waals surface area contributed by atoms with E-state index in [-0.39, 0.29) is 6.42 Å². The average molecular weight is 212 g/mol. The molecule has 3 atom stereocenters. The fraction of sp³-hybridized carbons (Fsp3) is 0.875. The van der Waals surface area contributed by atoms with Gasteiger partial charge in [-0.25, -0.2) is 4.79 Å². The summed E-state index contributed by atoms with van der Waals surface area (Å²) < 4.78 is 42.1. The van der Waals surface area contributed by atoms with Gasteiger partial charge >= 0.3 is 12.1 Å². The molecule has 1 fully saturated rings. The van der Waals surface area contributed by atoms with Crippen molar-refractivity contribution in [2.75, 3.05) is 0 Å². The number of carboxylic acids is 1. The molecule has 0 aromatic rings. The van der Waals surface area contributed by atoms with Crippen molar-refractivity contribution in [3.05, 3.63) is 0 Å². The van der Waals surface area contributed by atoms with E-state index in [1.165, 1.54) is 6.92 Å². The summed E-state index contributed by atoms with van der Waals surface area (Å²) in [6, 6.07) is 0. The van der Waals surface area contributed by atoms with Crippen LogP contribution in [0, 0.1) is 5.92 Å². The van der Waals surface area contributed by atoms with Gasteiger partial charge in [0.05, 0.1) is 0 Å². The highest BCUT2D eigenvalue weighted by Crippen LogP contribution is 2.46. The van der Waals surface area contributed by atoms with Gasteiger partial charge in [-0.1, -0.05) is 6.92 Å². The Hall–Kier alpha value is -0.780. The van der Waals surface area contributed by atoms with Crippen molar-refractivity contribution in [2.45, 2.75) is 38.1 Å². The quantitative estimate of drug-likeness (QED) is 0.721. The summed E-state index contributed by atoms with van der Waals surface area (Å²) in [7, 11) is 0. The Bertz CT molecular complexity index is 251. The number of hydrogen-bond donors (Lipinski definition) is 1. The van der Waals surface area contributed by atoms with E-state index in [2.05, 4.69) is 4.74 Å². The average Bonchev–Trinajstić information content (AvgIpc) is 2.28. The molecule has 1 rings (SSSR count). The van der Waals surface area contributed by atoms with Gasteiger partial charge in [0.1, 0.15) is 0 Å². The molecule has 1 saturated heterocycles. The molecule has 14 heavy (non-hydrogen) atoms. The van der Waals surface area contributed by atoms with Crippen molar-refractivity contribution in [2.24, 2.45) is 5.92 Å². The van der Waals surface area contributed by atoms with E-state index >= 15 is 0 Å². The van der Waals surface area contributed by atoms with Crippen molar-refractivity contribution in [1.29, 1.82) is 0 Å². The standard InChI is InChI=1S/C8H11F3O3/c1-4-3-5(6(12)13)14-7(4,2)8(9,10)11/h4-5H,3H2,1-2H3,(H,12,13). The molecule has 1 heterocycles. The molecule has 82 valence electrons. The lowest BCUT2D eigenvalue weighted by Crippen LogP contribution is -2.46. The fourth-order valence-electron chi connectivity index (χ4n) is 1.50. The molecule has 0 radical (unpaired) electrons. The van der Waals surface area contributed by atoms with E-state index in [1.807, 2.05) is 0 Å². The second-order valence-electron chi connectivity index (χ2n) is 3.69. The minimum atomic E-state index is -4.53. The maximum absolute atomic E-state index is 12.5. The Labute approximate surface area is 78.9 Å². The van der Waals surface area contributed by atoms with Crippen LogP contribution in [0.1, 0.15) is 20.3 Å². The lowest BCUT2D eigenvalue weighted by Gasteiger charge is -2.30. The van der Waals surface area contributed by atoms with Crippen LogP contribution in [0.5, 0.6) is 0 Å². The Morgan fingerprint density at radius 1 is 1.57 bits per heavy atom. The Balaban J connectivity index is 2.88. The van der Waals surface area contributed by atoms with Crippen molar-refractivity contribution in [3.63, 3.8) is 0 Å². The van der Waals surface area contributed by atoms with Gasteiger partial charge in [-0.3, -0.25) is 0 Å². The first-order valence-electron chi connectivity index (χ1n) is 4.16. The molecule has 0 saturated carbocycles. The first kappa shape index (κ1) is 11.3. The van der Waals surface area contributed by atoms with Crippen LogP contribution in [-0.2, 0) is 9.53 Å². The molecule has 0 amide bonds. The zero-order chi connectivity index (χ0) is 11.1. The van der Waals surface area contributed by atoms with Crippen LogP contribution >= 0.6 is 0 Å². The van der Waals surface area contributed by atoms with Gasteiger partial charge in [0.15, 0.2) is 11.7 Å². The van der Waals surface area contributed by atoms with Crippen molar-refractivity contribution >= 4 is 5.97 Å². The van der Waals surface area contributed by atoms with Crippen LogP contribution < -0.4 is 0 Å². The minimum Gasteiger partial charge on any atom is -0.479 e. The number of halogens is 3. The molecule has 1 aliphatic heterocycles. The summed E-state index contributed by atoms with van der Waals surface area (Å²) in [4.78, 5) is 10.5. The highest BCUT2D eigenvalue weighted by molar-refractivity contribution is 5.72. The number of ether oxygens (including phenoxy) is 1. The summed E-state index contributed by atoms with van der Waals surface area (Å²) in [5, 5.41) is 8.54. The molecule has 0 aromatic carbocycles. The smallest absolute Gasteiger partial charge is 0.417 e. The van der Waals surface area contributed by atoms with E-state index in [0.29, 0.717) is 0 Å². The monoisotopic (exact) mass is 212 g/mol. The van der Waals surface area contributed by atoms with Crippen LogP contribution in [0.2, 0.25) is 0 Å². The fourth-order valence-corrected chi connectivity index (χ4v) is 1.50. The minimum absolute atomic E-state index is 0.106. The van der Waals surface area contributed by atoms with Crippen molar-refractivity contribution in [1.82, 2.24) is 0 Å². The summed E-state index contributed by atoms with van der Waals surface area (Å²) in [6.45, 7) is 2.23. The first-order valence-corrected chi connectivity index (χ1v) is 4.16. The summed E-state index contributed by atoms with van der Waals surface area (Å²) in [6.07, 6.45) is -5.99. The van der Waals surface area contributed by atoms with Crippen molar-refractivity contribution in [3.8, 4) is 0 Å². The zero-order valence-corrected chi connectivity index (χ0v) is 7.76. The van der Waals surface area contributed by atoms with E-state index in [1.54, 1.807) is 0 Å². The zero-order valence-electron chi connectivity index (χ0n) is 7.76. The number of carbonyl (C=O) groups is 1. The normalized spacial score (nSPS) is 38.6. The lowest BCUT2D eigenvalue weighted by molar-refractivity contribution is -0.273. The van der Waals surface area contributed by atoms with Gasteiger partial charge in [-0.05, 0) is 19.3 Å². The maximum atomic E-state index is 12.5. The Morgan fingerprint density at radius 3 is 2.29 bits per heavy atom. The molecular weight excluding hydrogens is 201 g/mol. The van der Waals surface area contributed by atoms with Crippen LogP contribution in [-0.4, -0.2) is 29.0 Å². The molecule has 0 aliphatic carbocycles. The van der Waals surface area contributed by atoms with E-state index in [4.69, 9.17) is 5.11 Å². The molecular formula is C8H11F3O3. The number of aliphatic carboxylic acids is 1. The molecule has 6 heteroatoms. The van der Waals surface area contributed by atoms with Gasteiger partial charge in [-0.2, -0.15) is 13.2 Å². The van der Waals surface area contributed by atoms with Gasteiger partial charge < -0.3 is 9.84 Å². The number of rotatable bonds is 1. The third-order valence-corrected chi connectivity index (χ3v) is 2.73. The first-order chi connectivity index (χ1) is 6.18. The summed E-state index contributed by atoms with van der Waals surface area (Å²) in [5.41, 5.74) is -2.34. The molecule has 0 spiro atoms. The molecule has 1 N–H and O–H groups in total. The van der Waals surface area contributed by atoms with Crippen LogP contribution in [0.15, 0.2) is 0 Å². The maximum Gasteiger partial charge on any atom is 0.417 e. The predicted octanol–water partition coefficient (Wildman–Crippen LogP) is 1.82. The second kappa shape index (κ2) is 3.12. The SMILES string of the molecule is CC1CC(C(=O)O)OC1(C)C(F)(F)F. The molecule has 0 aromatic heterocycles. The number of carboxylic acid groups (broad SMARTS) is 1. The third-order valence-electron chi connectivity index (χ3n) is 2.73. The van der Waals surface area contributed by atoms with E-state index in [9.17, 15) is 18.0 Å². The van der Waals surface area contributed by atoms with Gasteiger partial charge in [0.25, 0.3) is 0 Å². The largest absolute Gasteiger partial charge is 0.479 e. The van der Waals surface area contributed by atoms with Gasteiger partial charge in [-0.15, -0.1) is 0 Å². The van der Waals surface area contributed by atoms with Crippen LogP contribution in [0.25, 0.3) is 0 Å². The molecule has 3 unspecified atom stereocenters. The lowest BCUT2D eigenvalue weighted by atomic mass is 9.89. The van der Waals surface area contributed by atoms with E-state index < -0.39 is 29.8 Å². The summed E-state index contributed by atoms with van der Waals surface area (Å²) >= 11 is 0. The Kier molecular flexibility index (Phi) is 2.51. The van der Waals surface area contributed by atoms with Crippen LogP contribution in [0.3, 0.4) is 0 Å². The topological polar surface area (TPSA) is 46.5 Å². The van der Waals surface area contributed by atoms with Crippen LogP contribution in [0.4, 0.5) is 13.2 Å². The summed E-state index contributed by atoms with van der Waals surface area (Å²) in [5.74, 6) is -2.19. The van der Waals surface area contributed by atoms with E-state index in [0.717, 1.165) is 6.92 Å². The highest BCUT2D eigenvalue weighted by Gasteiger charge is 2.61. The number of alkyl halides is 3. The predicted molar refractivity (Wildman–Crippen MR) is 40.7 cm³/mol. The molecule has 1 aliphatic rings. The third kappa shape index (κ3) is 1.58. The second-order valence-corrected chi connectivity index (χ2v) is 3.69. The van der Waals surface area contributed by atoms with Gasteiger partial charge in [0.2, 0.25) is 0 Å². The Morgan fingerprint density at radius 2 is 2.07 bits per heavy atom.